The fourth-order valence-corrected chi connectivity index (χ4v) is 3.88. The first kappa shape index (κ1) is 22.7. The molecular weight excluding hydrogens is 442 g/mol. The Labute approximate surface area is 188 Å². The zero-order chi connectivity index (χ0) is 22.4. The minimum Gasteiger partial charge on any atom is -0.486 e. The van der Waals surface area contributed by atoms with Gasteiger partial charge in [0.15, 0.2) is 11.0 Å². The Morgan fingerprint density at radius 2 is 2.00 bits per heavy atom. The molecule has 3 rings (SSSR count). The van der Waals surface area contributed by atoms with Crippen LogP contribution < -0.4 is 15.8 Å². The number of primary amides is 1. The lowest BCUT2D eigenvalue weighted by atomic mass is 10.1. The SMILES string of the molecule is CC(C)C(Sc1nnc(COc2ccc(Cl)cc2)n1Cc1ccco1)C(=O)NC(N)=O. The molecule has 2 heterocycles. The summed E-state index contributed by atoms with van der Waals surface area (Å²) >= 11 is 7.11. The van der Waals surface area contributed by atoms with Crippen molar-refractivity contribution in [1.29, 1.82) is 0 Å². The van der Waals surface area contributed by atoms with E-state index in [0.29, 0.717) is 34.1 Å². The predicted molar refractivity (Wildman–Crippen MR) is 116 cm³/mol. The molecule has 0 spiro atoms. The van der Waals surface area contributed by atoms with E-state index in [1.165, 1.54) is 11.8 Å². The van der Waals surface area contributed by atoms with E-state index in [2.05, 4.69) is 15.5 Å². The Hall–Kier alpha value is -2.98. The zero-order valence-corrected chi connectivity index (χ0v) is 18.5. The molecule has 0 aliphatic rings. The Morgan fingerprint density at radius 3 is 2.61 bits per heavy atom. The van der Waals surface area contributed by atoms with Crippen LogP contribution in [0, 0.1) is 5.92 Å². The lowest BCUT2D eigenvalue weighted by Crippen LogP contribution is -2.42. The maximum absolute atomic E-state index is 12.4. The number of carbonyl (C=O) groups is 2. The van der Waals surface area contributed by atoms with Crippen LogP contribution in [0.2, 0.25) is 5.02 Å². The van der Waals surface area contributed by atoms with Gasteiger partial charge >= 0.3 is 6.03 Å². The average molecular weight is 464 g/mol. The van der Waals surface area contributed by atoms with E-state index in [1.807, 2.05) is 24.5 Å². The lowest BCUT2D eigenvalue weighted by molar-refractivity contribution is -0.120. The van der Waals surface area contributed by atoms with Crippen LogP contribution in [-0.2, 0) is 17.9 Å². The Bertz CT molecular complexity index is 1020. The van der Waals surface area contributed by atoms with Gasteiger partial charge in [-0.1, -0.05) is 37.2 Å². The molecule has 0 saturated carbocycles. The minimum absolute atomic E-state index is 0.0909. The van der Waals surface area contributed by atoms with Crippen LogP contribution in [0.15, 0.2) is 52.2 Å². The first-order valence-electron chi connectivity index (χ1n) is 9.43. The van der Waals surface area contributed by atoms with Gasteiger partial charge in [0.05, 0.1) is 18.1 Å². The number of aromatic nitrogens is 3. The van der Waals surface area contributed by atoms with Crippen LogP contribution in [0.5, 0.6) is 5.75 Å². The van der Waals surface area contributed by atoms with Crippen molar-refractivity contribution >= 4 is 35.3 Å². The summed E-state index contributed by atoms with van der Waals surface area (Å²) < 4.78 is 13.1. The highest BCUT2D eigenvalue weighted by molar-refractivity contribution is 8.00. The molecule has 0 fully saturated rings. The maximum atomic E-state index is 12.4. The number of urea groups is 1. The molecule has 31 heavy (non-hydrogen) atoms. The van der Waals surface area contributed by atoms with Crippen molar-refractivity contribution in [3.05, 3.63) is 59.3 Å². The number of rotatable bonds is 9. The monoisotopic (exact) mass is 463 g/mol. The number of hydrogen-bond donors (Lipinski definition) is 2. The van der Waals surface area contributed by atoms with Gasteiger partial charge in [0, 0.05) is 5.02 Å². The molecule has 0 aliphatic heterocycles. The highest BCUT2D eigenvalue weighted by Crippen LogP contribution is 2.29. The number of imide groups is 1. The van der Waals surface area contributed by atoms with Crippen LogP contribution in [-0.4, -0.2) is 32.0 Å². The zero-order valence-electron chi connectivity index (χ0n) is 16.9. The third kappa shape index (κ3) is 6.25. The third-order valence-electron chi connectivity index (χ3n) is 4.21. The lowest BCUT2D eigenvalue weighted by Gasteiger charge is -2.19. The number of ether oxygens (including phenoxy) is 1. The quantitative estimate of drug-likeness (QED) is 0.465. The number of nitrogens with zero attached hydrogens (tertiary/aromatic N) is 3. The summed E-state index contributed by atoms with van der Waals surface area (Å²) in [7, 11) is 0. The Morgan fingerprint density at radius 1 is 1.26 bits per heavy atom. The topological polar surface area (TPSA) is 125 Å². The second kappa shape index (κ2) is 10.4. The molecule has 1 aromatic carbocycles. The Balaban J connectivity index is 1.83. The molecule has 2 aromatic heterocycles. The summed E-state index contributed by atoms with van der Waals surface area (Å²) in [5.41, 5.74) is 5.10. The summed E-state index contributed by atoms with van der Waals surface area (Å²) in [5, 5.41) is 11.1. The van der Waals surface area contributed by atoms with Crippen molar-refractivity contribution in [3.8, 4) is 5.75 Å². The molecule has 9 nitrogen and oxygen atoms in total. The van der Waals surface area contributed by atoms with Gasteiger partial charge < -0.3 is 14.9 Å². The second-order valence-corrected chi connectivity index (χ2v) is 8.49. The highest BCUT2D eigenvalue weighted by atomic mass is 35.5. The van der Waals surface area contributed by atoms with Crippen molar-refractivity contribution in [2.24, 2.45) is 11.7 Å². The van der Waals surface area contributed by atoms with Crippen LogP contribution >= 0.6 is 23.4 Å². The Kier molecular flexibility index (Phi) is 7.59. The third-order valence-corrected chi connectivity index (χ3v) is 5.99. The van der Waals surface area contributed by atoms with E-state index in [1.54, 1.807) is 36.6 Å². The second-order valence-electron chi connectivity index (χ2n) is 6.94. The number of carbonyl (C=O) groups excluding carboxylic acids is 2. The van der Waals surface area contributed by atoms with Crippen molar-refractivity contribution < 1.29 is 18.7 Å². The van der Waals surface area contributed by atoms with Crippen LogP contribution in [0.4, 0.5) is 4.79 Å². The number of thioether (sulfide) groups is 1. The number of nitrogens with two attached hydrogens (primary N) is 1. The van der Waals surface area contributed by atoms with Gasteiger partial charge in [-0.3, -0.25) is 14.7 Å². The molecule has 1 unspecified atom stereocenters. The van der Waals surface area contributed by atoms with E-state index in [9.17, 15) is 9.59 Å². The van der Waals surface area contributed by atoms with Crippen LogP contribution in [0.25, 0.3) is 0 Å². The van der Waals surface area contributed by atoms with Gasteiger partial charge in [-0.05, 0) is 42.3 Å². The summed E-state index contributed by atoms with van der Waals surface area (Å²) in [6.07, 6.45) is 1.58. The summed E-state index contributed by atoms with van der Waals surface area (Å²) in [6.45, 7) is 4.24. The van der Waals surface area contributed by atoms with Crippen LogP contribution in [0.1, 0.15) is 25.4 Å². The molecule has 11 heteroatoms. The molecule has 164 valence electrons. The number of amides is 3. The van der Waals surface area contributed by atoms with Crippen molar-refractivity contribution in [1.82, 2.24) is 20.1 Å². The first-order chi connectivity index (χ1) is 14.8. The first-order valence-corrected chi connectivity index (χ1v) is 10.7. The van der Waals surface area contributed by atoms with Gasteiger partial charge in [-0.25, -0.2) is 4.79 Å². The van der Waals surface area contributed by atoms with Crippen molar-refractivity contribution in [2.45, 2.75) is 37.4 Å². The largest absolute Gasteiger partial charge is 0.486 e. The van der Waals surface area contributed by atoms with E-state index in [4.69, 9.17) is 26.5 Å². The maximum Gasteiger partial charge on any atom is 0.318 e. The molecule has 3 aromatic rings. The number of halogens is 1. The van der Waals surface area contributed by atoms with Gasteiger partial charge in [0.2, 0.25) is 5.91 Å². The van der Waals surface area contributed by atoms with E-state index in [0.717, 1.165) is 0 Å². The summed E-state index contributed by atoms with van der Waals surface area (Å²) in [4.78, 5) is 23.6. The summed E-state index contributed by atoms with van der Waals surface area (Å²) in [6, 6.07) is 9.70. The standard InChI is InChI=1S/C20H22ClN5O4S/c1-12(2)17(18(27)23-19(22)28)31-20-25-24-16(26(20)10-15-4-3-9-29-15)11-30-14-7-5-13(21)6-8-14/h3-9,12,17H,10-11H2,1-2H3,(H3,22,23,27,28). The predicted octanol–water partition coefficient (Wildman–Crippen LogP) is 3.46. The van der Waals surface area contributed by atoms with Gasteiger partial charge in [-0.2, -0.15) is 0 Å². The van der Waals surface area contributed by atoms with Crippen molar-refractivity contribution in [2.75, 3.05) is 0 Å². The number of nitrogens with one attached hydrogen (secondary N) is 1. The number of hydrogen-bond acceptors (Lipinski definition) is 7. The number of furan rings is 1. The van der Waals surface area contributed by atoms with Crippen LogP contribution in [0.3, 0.4) is 0 Å². The molecule has 0 radical (unpaired) electrons. The highest BCUT2D eigenvalue weighted by Gasteiger charge is 2.28. The smallest absolute Gasteiger partial charge is 0.318 e. The van der Waals surface area contributed by atoms with Gasteiger partial charge in [0.1, 0.15) is 18.1 Å². The molecular formula is C20H22ClN5O4S. The fourth-order valence-electron chi connectivity index (χ4n) is 2.71. The van der Waals surface area contributed by atoms with Crippen molar-refractivity contribution in [3.63, 3.8) is 0 Å². The molecule has 0 saturated heterocycles. The summed E-state index contributed by atoms with van der Waals surface area (Å²) in [5.74, 6) is 1.29. The van der Waals surface area contributed by atoms with E-state index >= 15 is 0 Å². The van der Waals surface area contributed by atoms with E-state index in [-0.39, 0.29) is 12.5 Å². The van der Waals surface area contributed by atoms with Gasteiger partial charge in [-0.15, -0.1) is 10.2 Å². The molecule has 3 amide bonds. The average Bonchev–Trinajstić information content (AvgIpc) is 3.35. The van der Waals surface area contributed by atoms with Gasteiger partial charge in [0.25, 0.3) is 0 Å². The van der Waals surface area contributed by atoms with E-state index < -0.39 is 17.2 Å². The number of benzene rings is 1. The molecule has 0 bridgehead atoms. The normalized spacial score (nSPS) is 12.0. The molecule has 0 aliphatic carbocycles. The fraction of sp³-hybridized carbons (Fsp3) is 0.300. The molecule has 3 N–H and O–H groups in total. The molecule has 1 atom stereocenters. The minimum atomic E-state index is -0.898.